The Morgan fingerprint density at radius 3 is 1.60 bits per heavy atom. The summed E-state index contributed by atoms with van der Waals surface area (Å²) in [6.07, 6.45) is 9.64. The van der Waals surface area contributed by atoms with Gasteiger partial charge in [-0.3, -0.25) is 0 Å². The largest absolute Gasteiger partial charge is 0.326 e. The van der Waals surface area contributed by atoms with E-state index in [1.54, 1.807) is 0 Å². The van der Waals surface area contributed by atoms with Crippen LogP contribution in [0.25, 0.3) is 0 Å². The lowest BCUT2D eigenvalue weighted by Gasteiger charge is -2.37. The first kappa shape index (κ1) is 30.1. The second-order valence-electron chi connectivity index (χ2n) is 11.2. The molecule has 6 rings (SSSR count). The highest BCUT2D eigenvalue weighted by molar-refractivity contribution is 6.57. The maximum Gasteiger partial charge on any atom is 0.116 e. The van der Waals surface area contributed by atoms with Crippen molar-refractivity contribution in [3.63, 3.8) is 0 Å². The maximum atomic E-state index is 4.41. The highest BCUT2D eigenvalue weighted by Gasteiger charge is 2.36. The molecule has 5 aromatic carbocycles. The molecule has 0 aliphatic carbocycles. The van der Waals surface area contributed by atoms with Gasteiger partial charge < -0.3 is 4.57 Å². The molecule has 1 heterocycles. The van der Waals surface area contributed by atoms with Gasteiger partial charge in [0.25, 0.3) is 0 Å². The fourth-order valence-corrected chi connectivity index (χ4v) is 8.16. The van der Waals surface area contributed by atoms with E-state index in [1.165, 1.54) is 52.3 Å². The molecule has 0 fully saturated rings. The summed E-state index contributed by atoms with van der Waals surface area (Å²) in [5.74, 6) is 0.484. The van der Waals surface area contributed by atoms with E-state index in [9.17, 15) is 0 Å². The van der Waals surface area contributed by atoms with Crippen molar-refractivity contribution in [3.05, 3.63) is 192 Å². The summed E-state index contributed by atoms with van der Waals surface area (Å²) in [5, 5.41) is 1.26. The summed E-state index contributed by atoms with van der Waals surface area (Å²) in [7, 11) is 1.46. The molecule has 0 radical (unpaired) electrons. The van der Waals surface area contributed by atoms with Gasteiger partial charge in [-0.2, -0.15) is 0 Å². The second-order valence-corrected chi connectivity index (χ2v) is 13.4. The molecule has 0 amide bonds. The molecule has 2 nitrogen and oxygen atoms in total. The molecular formula is C39H41BN2Si. The van der Waals surface area contributed by atoms with Gasteiger partial charge in [-0.25, -0.2) is 4.98 Å². The highest BCUT2D eigenvalue weighted by atomic mass is 28.2. The minimum Gasteiger partial charge on any atom is -0.326 e. The van der Waals surface area contributed by atoms with Crippen molar-refractivity contribution in [2.45, 2.75) is 37.2 Å². The monoisotopic (exact) mass is 576 g/mol. The van der Waals surface area contributed by atoms with Crippen molar-refractivity contribution in [1.82, 2.24) is 9.55 Å². The lowest BCUT2D eigenvalue weighted by atomic mass is 9.76. The number of hydrogen-bond acceptors (Lipinski definition) is 1. The number of aromatic nitrogens is 2. The van der Waals surface area contributed by atoms with Crippen LogP contribution in [0, 0.1) is 0 Å². The van der Waals surface area contributed by atoms with E-state index in [4.69, 9.17) is 0 Å². The van der Waals surface area contributed by atoms with Crippen LogP contribution in [0.15, 0.2) is 164 Å². The van der Waals surface area contributed by atoms with Crippen molar-refractivity contribution in [2.24, 2.45) is 0 Å². The van der Waals surface area contributed by atoms with Crippen LogP contribution in [-0.2, 0) is 11.6 Å². The van der Waals surface area contributed by atoms with Gasteiger partial charge in [0, 0.05) is 12.4 Å². The van der Waals surface area contributed by atoms with Crippen molar-refractivity contribution >= 4 is 22.6 Å². The van der Waals surface area contributed by atoms with E-state index in [0.29, 0.717) is 5.82 Å². The molecule has 214 valence electrons. The van der Waals surface area contributed by atoms with Gasteiger partial charge in [-0.15, -0.1) is 0 Å². The lowest BCUT2D eigenvalue weighted by Crippen LogP contribution is -2.46. The van der Waals surface area contributed by atoms with E-state index in [1.807, 2.05) is 12.5 Å². The standard InChI is InChI=1S/C26H28N2Si.C13H13B/c1-2-3-10-22-15-17-25(18-16-22)29-26(28-20-19-27-21-28,23-11-6-4-7-12-23)24-13-8-5-9-14-24;14-13(11-7-3-1-4-8-11)12-9-5-2-6-10-12/h4-9,11-21H,2-3,10,29H2,1H3;1-10,13H,14H2. The molecule has 43 heavy (non-hydrogen) atoms. The van der Waals surface area contributed by atoms with Crippen molar-refractivity contribution in [2.75, 3.05) is 0 Å². The van der Waals surface area contributed by atoms with Gasteiger partial charge in [0.15, 0.2) is 0 Å². The molecule has 0 aliphatic heterocycles. The number of unbranched alkanes of at least 4 members (excludes halogenated alkanes) is 1. The topological polar surface area (TPSA) is 17.8 Å². The molecule has 0 bridgehead atoms. The van der Waals surface area contributed by atoms with Crippen molar-refractivity contribution in [3.8, 4) is 0 Å². The third-order valence-corrected chi connectivity index (χ3v) is 10.9. The molecule has 0 N–H and O–H groups in total. The minimum atomic E-state index is -0.782. The van der Waals surface area contributed by atoms with Crippen LogP contribution in [0.3, 0.4) is 0 Å². The van der Waals surface area contributed by atoms with Crippen LogP contribution in [0.2, 0.25) is 0 Å². The van der Waals surface area contributed by atoms with Crippen molar-refractivity contribution < 1.29 is 0 Å². The van der Waals surface area contributed by atoms with E-state index in [-0.39, 0.29) is 5.16 Å². The summed E-state index contributed by atoms with van der Waals surface area (Å²) < 4.78 is 2.31. The van der Waals surface area contributed by atoms with Gasteiger partial charge in [-0.05, 0) is 46.5 Å². The van der Waals surface area contributed by atoms with E-state index in [0.717, 1.165) is 0 Å². The summed E-state index contributed by atoms with van der Waals surface area (Å²) in [6.45, 7) is 2.25. The fourth-order valence-electron chi connectivity index (χ4n) is 5.85. The summed E-state index contributed by atoms with van der Waals surface area (Å²) >= 11 is 0. The van der Waals surface area contributed by atoms with Gasteiger partial charge in [0.2, 0.25) is 0 Å². The Balaban J connectivity index is 0.000000220. The Labute approximate surface area is 260 Å². The average molecular weight is 577 g/mol. The Bertz CT molecular complexity index is 1530. The zero-order valence-electron chi connectivity index (χ0n) is 25.4. The number of imidazole rings is 1. The Morgan fingerprint density at radius 2 is 1.16 bits per heavy atom. The van der Waals surface area contributed by atoms with Crippen LogP contribution < -0.4 is 5.19 Å². The minimum absolute atomic E-state index is 0.204. The zero-order valence-corrected chi connectivity index (χ0v) is 26.8. The maximum absolute atomic E-state index is 4.41. The SMILES string of the molecule is BC(c1ccccc1)c1ccccc1.CCCCc1ccc([SiH2]C(c2ccccc2)(c2ccccc2)n2ccnc2)cc1. The first-order chi connectivity index (χ1) is 21.2. The van der Waals surface area contributed by atoms with E-state index in [2.05, 4.69) is 176 Å². The molecule has 4 heteroatoms. The molecule has 0 saturated carbocycles. The van der Waals surface area contributed by atoms with E-state index >= 15 is 0 Å². The molecular weight excluding hydrogens is 535 g/mol. The van der Waals surface area contributed by atoms with Crippen LogP contribution in [-0.4, -0.2) is 26.9 Å². The third kappa shape index (κ3) is 7.52. The second kappa shape index (κ2) is 15.2. The van der Waals surface area contributed by atoms with E-state index < -0.39 is 9.52 Å². The van der Waals surface area contributed by atoms with Gasteiger partial charge >= 0.3 is 0 Å². The molecule has 0 aliphatic rings. The molecule has 0 saturated heterocycles. The van der Waals surface area contributed by atoms with Gasteiger partial charge in [0.05, 0.1) is 21.0 Å². The summed E-state index contributed by atoms with van der Waals surface area (Å²) in [5.41, 5.74) is 6.84. The highest BCUT2D eigenvalue weighted by Crippen LogP contribution is 2.33. The predicted molar refractivity (Wildman–Crippen MR) is 188 cm³/mol. The predicted octanol–water partition coefficient (Wildman–Crippen LogP) is 6.88. The van der Waals surface area contributed by atoms with Crippen LogP contribution in [0.5, 0.6) is 0 Å². The van der Waals surface area contributed by atoms with Crippen LogP contribution >= 0.6 is 0 Å². The smallest absolute Gasteiger partial charge is 0.116 e. The lowest BCUT2D eigenvalue weighted by molar-refractivity contribution is 0.596. The molecule has 0 spiro atoms. The molecule has 0 atom stereocenters. The summed E-state index contributed by atoms with van der Waals surface area (Å²) in [4.78, 5) is 4.41. The fraction of sp³-hybridized carbons (Fsp3) is 0.154. The Morgan fingerprint density at radius 1 is 0.674 bits per heavy atom. The molecule has 1 aromatic heterocycles. The third-order valence-electron chi connectivity index (χ3n) is 8.35. The number of aryl methyl sites for hydroxylation is 1. The number of nitrogens with zero attached hydrogens (tertiary/aromatic N) is 2. The average Bonchev–Trinajstić information content (AvgIpc) is 3.64. The Hall–Kier alpha value is -4.41. The van der Waals surface area contributed by atoms with Crippen molar-refractivity contribution in [1.29, 1.82) is 0 Å². The zero-order chi connectivity index (χ0) is 29.7. The van der Waals surface area contributed by atoms with Gasteiger partial charge in [0.1, 0.15) is 7.85 Å². The quantitative estimate of drug-likeness (QED) is 0.163. The molecule has 6 aromatic rings. The first-order valence-electron chi connectivity index (χ1n) is 15.5. The first-order valence-corrected chi connectivity index (χ1v) is 16.9. The number of rotatable bonds is 10. The Kier molecular flexibility index (Phi) is 10.6. The normalized spacial score (nSPS) is 11.4. The van der Waals surface area contributed by atoms with Crippen LogP contribution in [0.4, 0.5) is 0 Å². The van der Waals surface area contributed by atoms with Crippen LogP contribution in [0.1, 0.15) is 53.4 Å². The van der Waals surface area contributed by atoms with Gasteiger partial charge in [-0.1, -0.05) is 164 Å². The summed E-state index contributed by atoms with van der Waals surface area (Å²) in [6, 6.07) is 52.4. The molecule has 0 unspecified atom stereocenters. The number of hydrogen-bond donors (Lipinski definition) is 0. The number of benzene rings is 5.